The van der Waals surface area contributed by atoms with Crippen molar-refractivity contribution in [2.75, 3.05) is 11.1 Å². The van der Waals surface area contributed by atoms with Gasteiger partial charge in [-0.15, -0.1) is 0 Å². The maximum absolute atomic E-state index is 12.3. The zero-order valence-electron chi connectivity index (χ0n) is 15.7. The van der Waals surface area contributed by atoms with Gasteiger partial charge in [-0.05, 0) is 42.8 Å². The lowest BCUT2D eigenvalue weighted by Gasteiger charge is -2.08. The standard InChI is InChI=1S/C21H19N5O2S/c1-15(25-26-19(27)14-29-21-22-11-6-12-23-21)17-9-5-10-18(13-17)24-20(28)16-7-3-2-4-8-16/h2-13H,14H2,1H3,(H,24,28)(H,26,27)/b25-15+. The molecule has 1 heterocycles. The Morgan fingerprint density at radius 2 is 1.69 bits per heavy atom. The van der Waals surface area contributed by atoms with Crippen LogP contribution in [0.3, 0.4) is 0 Å². The summed E-state index contributed by atoms with van der Waals surface area (Å²) in [6, 6.07) is 18.0. The summed E-state index contributed by atoms with van der Waals surface area (Å²) < 4.78 is 0. The monoisotopic (exact) mass is 405 g/mol. The molecule has 1 aromatic heterocycles. The number of carbonyl (C=O) groups is 2. The van der Waals surface area contributed by atoms with Crippen LogP contribution >= 0.6 is 11.8 Å². The first-order chi connectivity index (χ1) is 14.1. The molecular weight excluding hydrogens is 386 g/mol. The molecule has 2 aromatic carbocycles. The fourth-order valence-corrected chi connectivity index (χ4v) is 2.94. The third-order valence-corrected chi connectivity index (χ3v) is 4.67. The van der Waals surface area contributed by atoms with Crippen molar-refractivity contribution in [1.29, 1.82) is 0 Å². The summed E-state index contributed by atoms with van der Waals surface area (Å²) >= 11 is 1.23. The van der Waals surface area contributed by atoms with Crippen LogP contribution in [0.2, 0.25) is 0 Å². The number of carbonyl (C=O) groups excluding carboxylic acids is 2. The Morgan fingerprint density at radius 1 is 0.966 bits per heavy atom. The highest BCUT2D eigenvalue weighted by molar-refractivity contribution is 7.99. The molecule has 7 nitrogen and oxygen atoms in total. The van der Waals surface area contributed by atoms with Crippen LogP contribution in [0.25, 0.3) is 0 Å². The summed E-state index contributed by atoms with van der Waals surface area (Å²) in [6.07, 6.45) is 3.25. The number of hydrogen-bond donors (Lipinski definition) is 2. The highest BCUT2D eigenvalue weighted by Gasteiger charge is 2.07. The molecule has 3 rings (SSSR count). The van der Waals surface area contributed by atoms with Crippen molar-refractivity contribution < 1.29 is 9.59 Å². The molecule has 0 fully saturated rings. The second-order valence-electron chi connectivity index (χ2n) is 5.95. The van der Waals surface area contributed by atoms with Crippen molar-refractivity contribution in [3.8, 4) is 0 Å². The van der Waals surface area contributed by atoms with Crippen LogP contribution in [0.4, 0.5) is 5.69 Å². The molecular formula is C21H19N5O2S. The summed E-state index contributed by atoms with van der Waals surface area (Å²) in [5.41, 5.74) is 5.16. The highest BCUT2D eigenvalue weighted by Crippen LogP contribution is 2.14. The van der Waals surface area contributed by atoms with Gasteiger partial charge >= 0.3 is 0 Å². The number of benzene rings is 2. The Labute approximate surface area is 172 Å². The molecule has 2 amide bonds. The average Bonchev–Trinajstić information content (AvgIpc) is 2.77. The normalized spacial score (nSPS) is 11.0. The molecule has 0 radical (unpaired) electrons. The predicted octanol–water partition coefficient (Wildman–Crippen LogP) is 3.36. The minimum absolute atomic E-state index is 0.161. The van der Waals surface area contributed by atoms with Gasteiger partial charge in [0.15, 0.2) is 5.16 Å². The van der Waals surface area contributed by atoms with Crippen LogP contribution in [0.1, 0.15) is 22.8 Å². The van der Waals surface area contributed by atoms with Gasteiger partial charge in [0.1, 0.15) is 0 Å². The minimum atomic E-state index is -0.254. The van der Waals surface area contributed by atoms with Crippen molar-refractivity contribution in [3.63, 3.8) is 0 Å². The Hall–Kier alpha value is -3.52. The van der Waals surface area contributed by atoms with E-state index in [1.807, 2.05) is 30.3 Å². The smallest absolute Gasteiger partial charge is 0.255 e. The van der Waals surface area contributed by atoms with E-state index in [2.05, 4.69) is 25.8 Å². The third-order valence-electron chi connectivity index (χ3n) is 3.80. The van der Waals surface area contributed by atoms with E-state index in [9.17, 15) is 9.59 Å². The summed E-state index contributed by atoms with van der Waals surface area (Å²) in [6.45, 7) is 1.78. The SMILES string of the molecule is C/C(=N\NC(=O)CSc1ncccn1)c1cccc(NC(=O)c2ccccc2)c1. The Kier molecular flexibility index (Phi) is 7.07. The molecule has 29 heavy (non-hydrogen) atoms. The fourth-order valence-electron chi connectivity index (χ4n) is 2.35. The van der Waals surface area contributed by atoms with Crippen molar-refractivity contribution in [1.82, 2.24) is 15.4 Å². The number of hydrogen-bond acceptors (Lipinski definition) is 6. The van der Waals surface area contributed by atoms with E-state index in [4.69, 9.17) is 0 Å². The Morgan fingerprint density at radius 3 is 2.45 bits per heavy atom. The maximum Gasteiger partial charge on any atom is 0.255 e. The van der Waals surface area contributed by atoms with Crippen LogP contribution in [-0.2, 0) is 4.79 Å². The summed E-state index contributed by atoms with van der Waals surface area (Å²) in [5, 5.41) is 7.53. The van der Waals surface area contributed by atoms with Crippen LogP contribution in [0, 0.1) is 0 Å². The molecule has 0 unspecified atom stereocenters. The lowest BCUT2D eigenvalue weighted by molar-refractivity contribution is -0.118. The molecule has 0 aliphatic carbocycles. The Balaban J connectivity index is 1.57. The summed E-state index contributed by atoms with van der Waals surface area (Å²) in [5.74, 6) is -0.283. The average molecular weight is 405 g/mol. The van der Waals surface area contributed by atoms with E-state index < -0.39 is 0 Å². The maximum atomic E-state index is 12.3. The first kappa shape index (κ1) is 20.2. The van der Waals surface area contributed by atoms with Crippen molar-refractivity contribution >= 4 is 35.0 Å². The minimum Gasteiger partial charge on any atom is -0.322 e. The van der Waals surface area contributed by atoms with E-state index in [1.165, 1.54) is 11.8 Å². The van der Waals surface area contributed by atoms with Gasteiger partial charge in [-0.1, -0.05) is 42.1 Å². The first-order valence-electron chi connectivity index (χ1n) is 8.81. The van der Waals surface area contributed by atoms with Crippen LogP contribution in [0.5, 0.6) is 0 Å². The summed E-state index contributed by atoms with van der Waals surface area (Å²) in [7, 11) is 0. The van der Waals surface area contributed by atoms with Gasteiger partial charge in [0.25, 0.3) is 11.8 Å². The van der Waals surface area contributed by atoms with Crippen molar-refractivity contribution in [2.24, 2.45) is 5.10 Å². The zero-order valence-corrected chi connectivity index (χ0v) is 16.5. The quantitative estimate of drug-likeness (QED) is 0.272. The third kappa shape index (κ3) is 6.25. The number of hydrazone groups is 1. The lowest BCUT2D eigenvalue weighted by Crippen LogP contribution is -2.21. The number of nitrogens with zero attached hydrogens (tertiary/aromatic N) is 3. The number of aromatic nitrogens is 2. The summed E-state index contributed by atoms with van der Waals surface area (Å²) in [4.78, 5) is 32.4. The molecule has 0 aliphatic heterocycles. The van der Waals surface area contributed by atoms with Crippen molar-refractivity contribution in [2.45, 2.75) is 12.1 Å². The van der Waals surface area contributed by atoms with E-state index >= 15 is 0 Å². The van der Waals surface area contributed by atoms with Gasteiger partial charge in [-0.25, -0.2) is 15.4 Å². The second-order valence-corrected chi connectivity index (χ2v) is 6.90. The highest BCUT2D eigenvalue weighted by atomic mass is 32.2. The van der Waals surface area contributed by atoms with Gasteiger partial charge in [-0.3, -0.25) is 9.59 Å². The van der Waals surface area contributed by atoms with E-state index in [-0.39, 0.29) is 17.6 Å². The molecule has 2 N–H and O–H groups in total. The molecule has 0 bridgehead atoms. The zero-order chi connectivity index (χ0) is 20.5. The largest absolute Gasteiger partial charge is 0.322 e. The molecule has 0 saturated heterocycles. The number of thioether (sulfide) groups is 1. The molecule has 146 valence electrons. The molecule has 0 atom stereocenters. The lowest BCUT2D eigenvalue weighted by atomic mass is 10.1. The van der Waals surface area contributed by atoms with Gasteiger partial charge < -0.3 is 5.32 Å². The molecule has 3 aromatic rings. The van der Waals surface area contributed by atoms with E-state index in [0.717, 1.165) is 5.56 Å². The molecule has 0 saturated carbocycles. The van der Waals surface area contributed by atoms with Gasteiger partial charge in [0.05, 0.1) is 11.5 Å². The van der Waals surface area contributed by atoms with Gasteiger partial charge in [-0.2, -0.15) is 5.10 Å². The van der Waals surface area contributed by atoms with Gasteiger partial charge in [0.2, 0.25) is 0 Å². The van der Waals surface area contributed by atoms with Crippen molar-refractivity contribution in [3.05, 3.63) is 84.2 Å². The van der Waals surface area contributed by atoms with Crippen LogP contribution in [0.15, 0.2) is 83.3 Å². The first-order valence-corrected chi connectivity index (χ1v) is 9.80. The number of nitrogens with one attached hydrogen (secondary N) is 2. The van der Waals surface area contributed by atoms with Crippen LogP contribution < -0.4 is 10.7 Å². The van der Waals surface area contributed by atoms with Crippen LogP contribution in [-0.4, -0.2) is 33.2 Å². The van der Waals surface area contributed by atoms with E-state index in [1.54, 1.807) is 49.6 Å². The Bertz CT molecular complexity index is 1010. The number of amides is 2. The number of anilines is 1. The number of rotatable bonds is 7. The van der Waals surface area contributed by atoms with Gasteiger partial charge in [0, 0.05) is 23.6 Å². The van der Waals surface area contributed by atoms with E-state index in [0.29, 0.717) is 22.1 Å². The fraction of sp³-hybridized carbons (Fsp3) is 0.0952. The molecule has 0 aliphatic rings. The molecule has 0 spiro atoms. The second kappa shape index (κ2) is 10.1. The predicted molar refractivity (Wildman–Crippen MR) is 114 cm³/mol. The molecule has 8 heteroatoms. The topological polar surface area (TPSA) is 96.3 Å².